The summed E-state index contributed by atoms with van der Waals surface area (Å²) < 4.78 is 0. The molecule has 13 heavy (non-hydrogen) atoms. The molecule has 0 aromatic carbocycles. The minimum Gasteiger partial charge on any atom is -0.394 e. The van der Waals surface area contributed by atoms with Crippen LogP contribution in [0.15, 0.2) is 0 Å². The fraction of sp³-hybridized carbons (Fsp3) is 0.714. The summed E-state index contributed by atoms with van der Waals surface area (Å²) in [6, 6.07) is -0.885. The number of hydrogen-bond acceptors (Lipinski definition) is 4. The molecule has 0 saturated carbocycles. The molecule has 5 N–H and O–H groups in total. The third kappa shape index (κ3) is 4.44. The van der Waals surface area contributed by atoms with E-state index in [2.05, 4.69) is 10.6 Å². The number of hydrogen-bond donors (Lipinski definition) is 4. The Kier molecular flexibility index (Phi) is 5.82. The molecule has 0 aromatic heterocycles. The summed E-state index contributed by atoms with van der Waals surface area (Å²) in [5.41, 5.74) is 5.13. The summed E-state index contributed by atoms with van der Waals surface area (Å²) in [5.74, 6) is -0.766. The van der Waals surface area contributed by atoms with Gasteiger partial charge >= 0.3 is 0 Å². The number of likely N-dealkylation sites (N-methyl/N-ethyl adjacent to an activating group) is 1. The normalized spacial score (nSPS) is 11.9. The molecule has 0 saturated heterocycles. The van der Waals surface area contributed by atoms with Crippen molar-refractivity contribution in [1.82, 2.24) is 10.6 Å². The van der Waals surface area contributed by atoms with Crippen LogP contribution in [-0.2, 0) is 9.59 Å². The zero-order valence-electron chi connectivity index (χ0n) is 7.54. The van der Waals surface area contributed by atoms with Crippen molar-refractivity contribution in [1.29, 1.82) is 0 Å². The molecule has 76 valence electrons. The fourth-order valence-corrected chi connectivity index (χ4v) is 0.766. The van der Waals surface area contributed by atoms with Crippen LogP contribution in [0.4, 0.5) is 0 Å². The number of aliphatic hydroxyl groups excluding tert-OH is 1. The smallest absolute Gasteiger partial charge is 0.244 e. The Morgan fingerprint density at radius 3 is 2.54 bits per heavy atom. The standard InChI is InChI=1S/C7H15N3O3/c1-9-7(13)5(4-11)10-6(12)2-3-8/h5,11H,2-4,8H2,1H3,(H,9,13)(H,10,12). The van der Waals surface area contributed by atoms with Gasteiger partial charge in [0.25, 0.3) is 0 Å². The van der Waals surface area contributed by atoms with Crippen LogP contribution in [-0.4, -0.2) is 43.2 Å². The second-order valence-electron chi connectivity index (χ2n) is 2.46. The average Bonchev–Trinajstić information content (AvgIpc) is 2.13. The Morgan fingerprint density at radius 2 is 2.15 bits per heavy atom. The lowest BCUT2D eigenvalue weighted by molar-refractivity contribution is -0.129. The molecule has 1 unspecified atom stereocenters. The topological polar surface area (TPSA) is 104 Å². The van der Waals surface area contributed by atoms with E-state index in [4.69, 9.17) is 10.8 Å². The summed E-state index contributed by atoms with van der Waals surface area (Å²) in [6.45, 7) is -0.201. The Hall–Kier alpha value is -1.14. The number of nitrogens with one attached hydrogen (secondary N) is 2. The number of carbonyl (C=O) groups is 2. The summed E-state index contributed by atoms with van der Waals surface area (Å²) >= 11 is 0. The van der Waals surface area contributed by atoms with E-state index < -0.39 is 18.6 Å². The summed E-state index contributed by atoms with van der Waals surface area (Å²) in [6.07, 6.45) is 0.146. The van der Waals surface area contributed by atoms with Crippen LogP contribution < -0.4 is 16.4 Å². The molecule has 0 spiro atoms. The first-order chi connectivity index (χ1) is 6.15. The highest BCUT2D eigenvalue weighted by atomic mass is 16.3. The SMILES string of the molecule is CNC(=O)C(CO)NC(=O)CCN. The van der Waals surface area contributed by atoms with Crippen LogP contribution in [0.3, 0.4) is 0 Å². The highest BCUT2D eigenvalue weighted by Crippen LogP contribution is 1.84. The Bertz CT molecular complexity index is 184. The summed E-state index contributed by atoms with van der Waals surface area (Å²) in [7, 11) is 1.43. The summed E-state index contributed by atoms with van der Waals surface area (Å²) in [4.78, 5) is 21.9. The largest absolute Gasteiger partial charge is 0.394 e. The molecule has 0 aliphatic carbocycles. The number of nitrogens with two attached hydrogens (primary N) is 1. The van der Waals surface area contributed by atoms with Crippen LogP contribution >= 0.6 is 0 Å². The van der Waals surface area contributed by atoms with E-state index in [1.54, 1.807) is 0 Å². The molecule has 1 atom stereocenters. The van der Waals surface area contributed by atoms with Crippen LogP contribution in [0.1, 0.15) is 6.42 Å². The fourth-order valence-electron chi connectivity index (χ4n) is 0.766. The van der Waals surface area contributed by atoms with Gasteiger partial charge in [0.2, 0.25) is 11.8 Å². The molecule has 0 heterocycles. The van der Waals surface area contributed by atoms with E-state index in [-0.39, 0.29) is 18.9 Å². The average molecular weight is 189 g/mol. The molecule has 0 rings (SSSR count). The lowest BCUT2D eigenvalue weighted by atomic mass is 10.2. The molecular weight excluding hydrogens is 174 g/mol. The molecule has 6 nitrogen and oxygen atoms in total. The quantitative estimate of drug-likeness (QED) is 0.385. The van der Waals surface area contributed by atoms with E-state index >= 15 is 0 Å². The maximum Gasteiger partial charge on any atom is 0.244 e. The Labute approximate surface area is 76.5 Å². The van der Waals surface area contributed by atoms with Crippen molar-refractivity contribution in [2.75, 3.05) is 20.2 Å². The molecule has 0 radical (unpaired) electrons. The first-order valence-corrected chi connectivity index (χ1v) is 3.97. The van der Waals surface area contributed by atoms with Crippen molar-refractivity contribution >= 4 is 11.8 Å². The van der Waals surface area contributed by atoms with Crippen molar-refractivity contribution in [3.8, 4) is 0 Å². The summed E-state index contributed by atoms with van der Waals surface area (Å²) in [5, 5.41) is 13.4. The van der Waals surface area contributed by atoms with Gasteiger partial charge in [-0.3, -0.25) is 9.59 Å². The second-order valence-corrected chi connectivity index (χ2v) is 2.46. The van der Waals surface area contributed by atoms with Gasteiger partial charge in [0.15, 0.2) is 0 Å². The lowest BCUT2D eigenvalue weighted by Crippen LogP contribution is -2.48. The van der Waals surface area contributed by atoms with Crippen molar-refractivity contribution in [3.05, 3.63) is 0 Å². The zero-order chi connectivity index (χ0) is 10.3. The predicted octanol–water partition coefficient (Wildman–Crippen LogP) is -2.44. The van der Waals surface area contributed by atoms with Crippen LogP contribution in [0.25, 0.3) is 0 Å². The zero-order valence-corrected chi connectivity index (χ0v) is 7.54. The predicted molar refractivity (Wildman–Crippen MR) is 46.8 cm³/mol. The minimum atomic E-state index is -0.885. The third-order valence-corrected chi connectivity index (χ3v) is 1.45. The van der Waals surface area contributed by atoms with Crippen LogP contribution in [0.5, 0.6) is 0 Å². The van der Waals surface area contributed by atoms with Crippen LogP contribution in [0.2, 0.25) is 0 Å². The lowest BCUT2D eigenvalue weighted by Gasteiger charge is -2.13. The van der Waals surface area contributed by atoms with E-state index in [9.17, 15) is 9.59 Å². The van der Waals surface area contributed by atoms with Crippen molar-refractivity contribution in [2.45, 2.75) is 12.5 Å². The molecule has 0 aliphatic rings. The van der Waals surface area contributed by atoms with Gasteiger partial charge < -0.3 is 21.5 Å². The molecule has 0 aromatic rings. The van der Waals surface area contributed by atoms with Gasteiger partial charge in [-0.1, -0.05) is 0 Å². The second kappa shape index (κ2) is 6.38. The first kappa shape index (κ1) is 11.9. The highest BCUT2D eigenvalue weighted by Gasteiger charge is 2.17. The third-order valence-electron chi connectivity index (χ3n) is 1.45. The van der Waals surface area contributed by atoms with Gasteiger partial charge in [0, 0.05) is 20.0 Å². The Morgan fingerprint density at radius 1 is 1.54 bits per heavy atom. The molecular formula is C7H15N3O3. The van der Waals surface area contributed by atoms with E-state index in [0.29, 0.717) is 0 Å². The maximum atomic E-state index is 11.0. The molecule has 2 amide bonds. The molecule has 0 aliphatic heterocycles. The first-order valence-electron chi connectivity index (χ1n) is 3.97. The van der Waals surface area contributed by atoms with E-state index in [1.807, 2.05) is 0 Å². The molecule has 0 fully saturated rings. The van der Waals surface area contributed by atoms with E-state index in [1.165, 1.54) is 7.05 Å². The number of amides is 2. The van der Waals surface area contributed by atoms with Gasteiger partial charge in [-0.2, -0.15) is 0 Å². The van der Waals surface area contributed by atoms with Crippen LogP contribution in [0, 0.1) is 0 Å². The number of aliphatic hydroxyl groups is 1. The van der Waals surface area contributed by atoms with Crippen molar-refractivity contribution in [2.24, 2.45) is 5.73 Å². The number of carbonyl (C=O) groups excluding carboxylic acids is 2. The van der Waals surface area contributed by atoms with Gasteiger partial charge in [0.05, 0.1) is 6.61 Å². The minimum absolute atomic E-state index is 0.146. The van der Waals surface area contributed by atoms with Gasteiger partial charge in [0.1, 0.15) is 6.04 Å². The Balaban J connectivity index is 3.97. The monoisotopic (exact) mass is 189 g/mol. The van der Waals surface area contributed by atoms with Gasteiger partial charge in [-0.15, -0.1) is 0 Å². The molecule has 6 heteroatoms. The van der Waals surface area contributed by atoms with E-state index in [0.717, 1.165) is 0 Å². The molecule has 0 bridgehead atoms. The highest BCUT2D eigenvalue weighted by molar-refractivity contribution is 5.87. The van der Waals surface area contributed by atoms with Crippen molar-refractivity contribution in [3.63, 3.8) is 0 Å². The maximum absolute atomic E-state index is 11.0. The van der Waals surface area contributed by atoms with Gasteiger partial charge in [-0.05, 0) is 0 Å². The van der Waals surface area contributed by atoms with Gasteiger partial charge in [-0.25, -0.2) is 0 Å². The number of rotatable bonds is 5. The van der Waals surface area contributed by atoms with Crippen molar-refractivity contribution < 1.29 is 14.7 Å².